The third kappa shape index (κ3) is 13.9. The number of hydrogen-bond acceptors (Lipinski definition) is 0. The van der Waals surface area contributed by atoms with Crippen LogP contribution in [0, 0.1) is 0 Å². The Bertz CT molecular complexity index is 718. The second-order valence-electron chi connectivity index (χ2n) is 10.7. The highest BCUT2D eigenvalue weighted by Gasteiger charge is 2.16. The Balaban J connectivity index is 1.65. The highest BCUT2D eigenvalue weighted by atomic mass is 15.1. The fourth-order valence-electron chi connectivity index (χ4n) is 5.30. The van der Waals surface area contributed by atoms with E-state index in [-0.39, 0.29) is 0 Å². The maximum absolute atomic E-state index is 2.57. The lowest BCUT2D eigenvalue weighted by molar-refractivity contribution is -0.704. The van der Waals surface area contributed by atoms with Gasteiger partial charge in [-0.05, 0) is 37.7 Å². The van der Waals surface area contributed by atoms with Crippen LogP contribution in [0.15, 0.2) is 42.7 Å². The van der Waals surface area contributed by atoms with E-state index in [4.69, 9.17) is 0 Å². The molecule has 2 nitrogen and oxygen atoms in total. The van der Waals surface area contributed by atoms with Crippen molar-refractivity contribution in [2.75, 3.05) is 0 Å². The Morgan fingerprint density at radius 1 is 0.571 bits per heavy atom. The Hall–Kier alpha value is -1.57. The van der Waals surface area contributed by atoms with Crippen molar-refractivity contribution in [3.8, 4) is 0 Å². The average Bonchev–Trinajstić information content (AvgIpc) is 3.26. The molecule has 0 saturated carbocycles. The molecular weight excluding hydrogens is 424 g/mol. The number of imidazole rings is 1. The molecule has 0 atom stereocenters. The molecule has 0 amide bonds. The molecule has 0 aliphatic carbocycles. The van der Waals surface area contributed by atoms with Crippen LogP contribution in [0.5, 0.6) is 0 Å². The fraction of sp³-hybridized carbons (Fsp3) is 0.727. The van der Waals surface area contributed by atoms with Gasteiger partial charge in [0.2, 0.25) is 0 Å². The molecule has 0 saturated heterocycles. The molecule has 0 bridgehead atoms. The maximum atomic E-state index is 2.57. The summed E-state index contributed by atoms with van der Waals surface area (Å²) >= 11 is 0. The minimum atomic E-state index is 1.14. The highest BCUT2D eigenvalue weighted by Crippen LogP contribution is 2.14. The first-order chi connectivity index (χ1) is 17.3. The Kier molecular flexibility index (Phi) is 17.5. The standard InChI is InChI=1S/C33H57N2/c1-3-5-7-9-10-11-12-13-14-15-16-17-21-27-33-34(28-22-8-6-4-2)30-31-35(33)29-23-26-32-24-19-18-20-25-32/h18-20,24-25,30-31H,3-17,21-23,26-29H2,1-2H3/q+1. The summed E-state index contributed by atoms with van der Waals surface area (Å²) in [7, 11) is 0. The molecule has 2 aromatic rings. The number of hydrogen-bond donors (Lipinski definition) is 0. The van der Waals surface area contributed by atoms with Crippen LogP contribution in [0.25, 0.3) is 0 Å². The first kappa shape index (κ1) is 29.7. The van der Waals surface area contributed by atoms with E-state index < -0.39 is 0 Å². The van der Waals surface area contributed by atoms with Crippen LogP contribution >= 0.6 is 0 Å². The summed E-state index contributed by atoms with van der Waals surface area (Å²) in [6.45, 7) is 6.94. The first-order valence-electron chi connectivity index (χ1n) is 15.5. The SMILES string of the molecule is CCCCCCCCCCCCCCCc1n(CCCCCC)cc[n+]1CCCc1ccccc1. The second kappa shape index (κ2) is 20.6. The summed E-state index contributed by atoms with van der Waals surface area (Å²) in [5, 5.41) is 0. The number of rotatable bonds is 23. The molecule has 0 aliphatic heterocycles. The minimum absolute atomic E-state index is 1.14. The van der Waals surface area contributed by atoms with E-state index in [0.717, 1.165) is 6.54 Å². The summed E-state index contributed by atoms with van der Waals surface area (Å²) in [5.41, 5.74) is 1.46. The quantitative estimate of drug-likeness (QED) is 0.110. The van der Waals surface area contributed by atoms with Crippen molar-refractivity contribution < 1.29 is 4.57 Å². The van der Waals surface area contributed by atoms with Crippen molar-refractivity contribution >= 4 is 0 Å². The van der Waals surface area contributed by atoms with E-state index >= 15 is 0 Å². The van der Waals surface area contributed by atoms with E-state index in [1.54, 1.807) is 5.82 Å². The zero-order chi connectivity index (χ0) is 24.8. The molecule has 1 aromatic carbocycles. The summed E-state index contributed by atoms with van der Waals surface area (Å²) in [6.07, 6.45) is 32.3. The van der Waals surface area contributed by atoms with E-state index in [2.05, 4.69) is 65.7 Å². The average molecular weight is 482 g/mol. The van der Waals surface area contributed by atoms with Gasteiger partial charge in [-0.15, -0.1) is 0 Å². The third-order valence-electron chi connectivity index (χ3n) is 7.55. The lowest BCUT2D eigenvalue weighted by atomic mass is 10.0. The van der Waals surface area contributed by atoms with Crippen LogP contribution in [0.1, 0.15) is 141 Å². The van der Waals surface area contributed by atoms with Crippen LogP contribution in [0.2, 0.25) is 0 Å². The van der Waals surface area contributed by atoms with Gasteiger partial charge in [0.1, 0.15) is 12.4 Å². The molecule has 2 rings (SSSR count). The molecule has 35 heavy (non-hydrogen) atoms. The molecular formula is C33H57N2+. The van der Waals surface area contributed by atoms with E-state index in [9.17, 15) is 0 Å². The third-order valence-corrected chi connectivity index (χ3v) is 7.55. The lowest BCUT2D eigenvalue weighted by Gasteiger charge is -2.07. The summed E-state index contributed by atoms with van der Waals surface area (Å²) < 4.78 is 5.13. The molecule has 0 N–H and O–H groups in total. The van der Waals surface area contributed by atoms with Gasteiger partial charge >= 0.3 is 0 Å². The Labute approximate surface area is 218 Å². The van der Waals surface area contributed by atoms with E-state index in [0.29, 0.717) is 0 Å². The van der Waals surface area contributed by atoms with E-state index in [1.807, 2.05) is 0 Å². The topological polar surface area (TPSA) is 8.81 Å². The Morgan fingerprint density at radius 3 is 1.71 bits per heavy atom. The Morgan fingerprint density at radius 2 is 1.11 bits per heavy atom. The number of benzene rings is 1. The van der Waals surface area contributed by atoms with Gasteiger partial charge < -0.3 is 0 Å². The maximum Gasteiger partial charge on any atom is 0.256 e. The summed E-state index contributed by atoms with van der Waals surface area (Å²) in [5.74, 6) is 1.57. The smallest absolute Gasteiger partial charge is 0.234 e. The van der Waals surface area contributed by atoms with Crippen LogP contribution in [0.3, 0.4) is 0 Å². The molecule has 1 heterocycles. The van der Waals surface area contributed by atoms with Crippen LogP contribution in [-0.4, -0.2) is 4.57 Å². The van der Waals surface area contributed by atoms with Crippen molar-refractivity contribution in [1.82, 2.24) is 4.57 Å². The van der Waals surface area contributed by atoms with Gasteiger partial charge in [-0.1, -0.05) is 134 Å². The molecule has 198 valence electrons. The predicted molar refractivity (Wildman–Crippen MR) is 153 cm³/mol. The van der Waals surface area contributed by atoms with Gasteiger partial charge in [0.15, 0.2) is 0 Å². The van der Waals surface area contributed by atoms with Crippen molar-refractivity contribution in [3.63, 3.8) is 0 Å². The number of unbranched alkanes of at least 4 members (excludes halogenated alkanes) is 15. The number of aromatic nitrogens is 2. The molecule has 2 heteroatoms. The molecule has 0 unspecified atom stereocenters. The van der Waals surface area contributed by atoms with Crippen molar-refractivity contribution in [2.45, 2.75) is 155 Å². The van der Waals surface area contributed by atoms with E-state index in [1.165, 1.54) is 141 Å². The van der Waals surface area contributed by atoms with Gasteiger partial charge in [-0.2, -0.15) is 0 Å². The lowest BCUT2D eigenvalue weighted by Crippen LogP contribution is -2.37. The van der Waals surface area contributed by atoms with Crippen LogP contribution < -0.4 is 4.57 Å². The summed E-state index contributed by atoms with van der Waals surface area (Å²) in [4.78, 5) is 0. The van der Waals surface area contributed by atoms with Crippen molar-refractivity contribution in [3.05, 3.63) is 54.1 Å². The molecule has 0 fully saturated rings. The first-order valence-corrected chi connectivity index (χ1v) is 15.5. The van der Waals surface area contributed by atoms with Gasteiger partial charge in [-0.3, -0.25) is 0 Å². The zero-order valence-corrected chi connectivity index (χ0v) is 23.5. The van der Waals surface area contributed by atoms with Crippen LogP contribution in [0.4, 0.5) is 0 Å². The van der Waals surface area contributed by atoms with Gasteiger partial charge in [0.25, 0.3) is 5.82 Å². The van der Waals surface area contributed by atoms with Crippen molar-refractivity contribution in [1.29, 1.82) is 0 Å². The van der Waals surface area contributed by atoms with Crippen LogP contribution in [-0.2, 0) is 25.9 Å². The highest BCUT2D eigenvalue weighted by molar-refractivity contribution is 5.14. The number of aryl methyl sites for hydroxylation is 3. The minimum Gasteiger partial charge on any atom is -0.234 e. The van der Waals surface area contributed by atoms with Gasteiger partial charge in [-0.25, -0.2) is 9.13 Å². The largest absolute Gasteiger partial charge is 0.256 e. The second-order valence-corrected chi connectivity index (χ2v) is 10.7. The molecule has 0 spiro atoms. The summed E-state index contributed by atoms with van der Waals surface area (Å²) in [6, 6.07) is 11.0. The monoisotopic (exact) mass is 481 g/mol. The fourth-order valence-corrected chi connectivity index (χ4v) is 5.30. The number of nitrogens with zero attached hydrogens (tertiary/aromatic N) is 2. The van der Waals surface area contributed by atoms with Gasteiger partial charge in [0.05, 0.1) is 13.1 Å². The molecule has 1 aromatic heterocycles. The normalized spacial score (nSPS) is 11.4. The molecule has 0 aliphatic rings. The van der Waals surface area contributed by atoms with Crippen molar-refractivity contribution in [2.24, 2.45) is 0 Å². The molecule has 0 radical (unpaired) electrons. The zero-order valence-electron chi connectivity index (χ0n) is 23.5. The van der Waals surface area contributed by atoms with Gasteiger partial charge in [0, 0.05) is 6.42 Å². The predicted octanol–water partition coefficient (Wildman–Crippen LogP) is 9.62.